The van der Waals surface area contributed by atoms with Crippen molar-refractivity contribution in [3.63, 3.8) is 0 Å². The minimum absolute atomic E-state index is 1.08. The summed E-state index contributed by atoms with van der Waals surface area (Å²) in [6.07, 6.45) is 20.8. The van der Waals surface area contributed by atoms with Gasteiger partial charge in [-0.15, -0.1) is 0 Å². The van der Waals surface area contributed by atoms with E-state index in [0.717, 1.165) is 12.2 Å². The van der Waals surface area contributed by atoms with Crippen LogP contribution in [0.15, 0.2) is 36.7 Å². The molecule has 2 rings (SSSR count). The number of H-pyrrole nitrogens is 1. The number of rotatable bonds is 14. The fourth-order valence-corrected chi connectivity index (χ4v) is 3.39. The van der Waals surface area contributed by atoms with E-state index in [0.29, 0.717) is 0 Å². The number of nitrogens with zero attached hydrogens (tertiary/aromatic N) is 1. The van der Waals surface area contributed by atoms with Crippen molar-refractivity contribution in [3.05, 3.63) is 53.6 Å². The van der Waals surface area contributed by atoms with Crippen molar-refractivity contribution in [1.82, 2.24) is 9.97 Å². The van der Waals surface area contributed by atoms with Gasteiger partial charge in [-0.2, -0.15) is 0 Å². The van der Waals surface area contributed by atoms with Crippen molar-refractivity contribution in [1.29, 1.82) is 0 Å². The Morgan fingerprint density at radius 2 is 1.20 bits per heavy atom. The zero-order valence-corrected chi connectivity index (χ0v) is 16.1. The number of aryl methyl sites for hydroxylation is 3. The maximum absolute atomic E-state index is 4.27. The number of hydrogen-bond donors (Lipinski definition) is 1. The van der Waals surface area contributed by atoms with Crippen molar-refractivity contribution in [3.8, 4) is 0 Å². The summed E-state index contributed by atoms with van der Waals surface area (Å²) in [5, 5.41) is 0. The van der Waals surface area contributed by atoms with Gasteiger partial charge in [0.1, 0.15) is 5.82 Å². The third-order valence-corrected chi connectivity index (χ3v) is 5.03. The van der Waals surface area contributed by atoms with Crippen LogP contribution in [0.4, 0.5) is 0 Å². The summed E-state index contributed by atoms with van der Waals surface area (Å²) in [5.74, 6) is 1.13. The lowest BCUT2D eigenvalue weighted by Gasteiger charge is -2.05. The van der Waals surface area contributed by atoms with E-state index in [1.807, 2.05) is 12.4 Å². The molecule has 2 nitrogen and oxygen atoms in total. The lowest BCUT2D eigenvalue weighted by atomic mass is 10.0. The molecule has 0 saturated carbocycles. The van der Waals surface area contributed by atoms with Gasteiger partial charge >= 0.3 is 0 Å². The quantitative estimate of drug-likeness (QED) is 0.383. The van der Waals surface area contributed by atoms with Gasteiger partial charge in [0.2, 0.25) is 0 Å². The number of imidazole rings is 1. The molecule has 0 spiro atoms. The highest BCUT2D eigenvalue weighted by molar-refractivity contribution is 5.22. The third kappa shape index (κ3) is 8.90. The van der Waals surface area contributed by atoms with Gasteiger partial charge in [-0.3, -0.25) is 0 Å². The van der Waals surface area contributed by atoms with Gasteiger partial charge in [0.25, 0.3) is 0 Å². The second-order valence-electron chi connectivity index (χ2n) is 7.28. The molecular weight excluding hydrogens is 304 g/mol. The smallest absolute Gasteiger partial charge is 0.105 e. The van der Waals surface area contributed by atoms with Gasteiger partial charge in [-0.1, -0.05) is 76.1 Å². The number of unbranched alkanes of at least 4 members (excludes halogenated alkanes) is 8. The average Bonchev–Trinajstić information content (AvgIpc) is 3.15. The van der Waals surface area contributed by atoms with Crippen LogP contribution in [0.1, 0.15) is 88.1 Å². The van der Waals surface area contributed by atoms with Crippen molar-refractivity contribution in [2.75, 3.05) is 0 Å². The van der Waals surface area contributed by atoms with Gasteiger partial charge in [-0.05, 0) is 43.2 Å². The van der Waals surface area contributed by atoms with Crippen LogP contribution < -0.4 is 0 Å². The summed E-state index contributed by atoms with van der Waals surface area (Å²) in [5.41, 5.74) is 3.01. The summed E-state index contributed by atoms with van der Waals surface area (Å²) >= 11 is 0. The van der Waals surface area contributed by atoms with E-state index in [9.17, 15) is 0 Å². The van der Waals surface area contributed by atoms with E-state index in [1.165, 1.54) is 88.2 Å². The number of aromatic nitrogens is 2. The van der Waals surface area contributed by atoms with Crippen molar-refractivity contribution >= 4 is 0 Å². The molecule has 2 aromatic rings. The number of nitrogens with one attached hydrogen (secondary N) is 1. The van der Waals surface area contributed by atoms with Gasteiger partial charge in [0, 0.05) is 18.8 Å². The molecule has 0 unspecified atom stereocenters. The zero-order chi connectivity index (χ0) is 17.6. The Morgan fingerprint density at radius 1 is 0.680 bits per heavy atom. The molecule has 1 N–H and O–H groups in total. The Morgan fingerprint density at radius 3 is 1.72 bits per heavy atom. The fraction of sp³-hybridized carbons (Fsp3) is 0.609. The number of benzene rings is 1. The molecule has 138 valence electrons. The second kappa shape index (κ2) is 12.7. The molecule has 0 atom stereocenters. The lowest BCUT2D eigenvalue weighted by Crippen LogP contribution is -1.91. The van der Waals surface area contributed by atoms with E-state index in [1.54, 1.807) is 0 Å². The summed E-state index contributed by atoms with van der Waals surface area (Å²) in [7, 11) is 0. The van der Waals surface area contributed by atoms with E-state index < -0.39 is 0 Å². The third-order valence-electron chi connectivity index (χ3n) is 5.03. The molecule has 0 fully saturated rings. The van der Waals surface area contributed by atoms with Crippen LogP contribution in [0.25, 0.3) is 0 Å². The molecule has 0 bridgehead atoms. The highest BCUT2D eigenvalue weighted by Crippen LogP contribution is 2.13. The fourth-order valence-electron chi connectivity index (χ4n) is 3.39. The normalized spacial score (nSPS) is 11.1. The van der Waals surface area contributed by atoms with Crippen molar-refractivity contribution < 1.29 is 0 Å². The first kappa shape index (κ1) is 19.8. The Hall–Kier alpha value is -1.57. The minimum atomic E-state index is 1.08. The summed E-state index contributed by atoms with van der Waals surface area (Å²) in [6.45, 7) is 2.28. The lowest BCUT2D eigenvalue weighted by molar-refractivity contribution is 0.607. The number of aromatic amines is 1. The standard InChI is InChI=1S/C23H36N2/c1-2-3-4-5-6-9-12-21-15-17-22(18-16-21)13-10-7-8-11-14-23-24-19-20-25-23/h15-20H,2-14H2,1H3,(H,24,25). The first-order valence-corrected chi connectivity index (χ1v) is 10.4. The molecule has 0 saturated heterocycles. The molecular formula is C23H36N2. The van der Waals surface area contributed by atoms with E-state index >= 15 is 0 Å². The molecule has 0 amide bonds. The van der Waals surface area contributed by atoms with Crippen LogP contribution >= 0.6 is 0 Å². The van der Waals surface area contributed by atoms with Crippen LogP contribution in [0.2, 0.25) is 0 Å². The van der Waals surface area contributed by atoms with Gasteiger partial charge in [-0.25, -0.2) is 4.98 Å². The Kier molecular flexibility index (Phi) is 10.1. The van der Waals surface area contributed by atoms with Crippen LogP contribution in [-0.2, 0) is 19.3 Å². The minimum Gasteiger partial charge on any atom is -0.349 e. The van der Waals surface area contributed by atoms with Crippen LogP contribution in [-0.4, -0.2) is 9.97 Å². The van der Waals surface area contributed by atoms with Crippen LogP contribution in [0, 0.1) is 0 Å². The Bertz CT molecular complexity index is 528. The predicted octanol–water partition coefficient (Wildman–Crippen LogP) is 6.66. The molecule has 2 heteroatoms. The second-order valence-corrected chi connectivity index (χ2v) is 7.28. The van der Waals surface area contributed by atoms with E-state index in [4.69, 9.17) is 0 Å². The maximum Gasteiger partial charge on any atom is 0.105 e. The van der Waals surface area contributed by atoms with E-state index in [2.05, 4.69) is 41.2 Å². The Balaban J connectivity index is 1.49. The topological polar surface area (TPSA) is 28.7 Å². The predicted molar refractivity (Wildman–Crippen MR) is 108 cm³/mol. The summed E-state index contributed by atoms with van der Waals surface area (Å²) in [4.78, 5) is 7.45. The van der Waals surface area contributed by atoms with Gasteiger partial charge in [0.15, 0.2) is 0 Å². The SMILES string of the molecule is CCCCCCCCc1ccc(CCCCCCc2ncc[nH]2)cc1. The molecule has 0 aliphatic carbocycles. The maximum atomic E-state index is 4.27. The zero-order valence-electron chi connectivity index (χ0n) is 16.1. The largest absolute Gasteiger partial charge is 0.349 e. The Labute approximate surface area is 154 Å². The van der Waals surface area contributed by atoms with Crippen molar-refractivity contribution in [2.24, 2.45) is 0 Å². The monoisotopic (exact) mass is 340 g/mol. The van der Waals surface area contributed by atoms with Gasteiger partial charge in [0.05, 0.1) is 0 Å². The summed E-state index contributed by atoms with van der Waals surface area (Å²) in [6, 6.07) is 9.38. The molecule has 0 aliphatic rings. The van der Waals surface area contributed by atoms with Crippen LogP contribution in [0.5, 0.6) is 0 Å². The molecule has 0 aliphatic heterocycles. The number of hydrogen-bond acceptors (Lipinski definition) is 1. The first-order valence-electron chi connectivity index (χ1n) is 10.4. The average molecular weight is 341 g/mol. The van der Waals surface area contributed by atoms with E-state index in [-0.39, 0.29) is 0 Å². The molecule has 1 aromatic heterocycles. The van der Waals surface area contributed by atoms with Crippen molar-refractivity contribution in [2.45, 2.75) is 90.4 Å². The molecule has 25 heavy (non-hydrogen) atoms. The highest BCUT2D eigenvalue weighted by atomic mass is 14.9. The van der Waals surface area contributed by atoms with Gasteiger partial charge < -0.3 is 4.98 Å². The first-order chi connectivity index (χ1) is 12.4. The molecule has 1 aromatic carbocycles. The highest BCUT2D eigenvalue weighted by Gasteiger charge is 1.98. The molecule has 1 heterocycles. The molecule has 0 radical (unpaired) electrons. The summed E-state index contributed by atoms with van der Waals surface area (Å²) < 4.78 is 0. The van der Waals surface area contributed by atoms with Crippen LogP contribution in [0.3, 0.4) is 0 Å².